The average molecular weight is 524 g/mol. The summed E-state index contributed by atoms with van der Waals surface area (Å²) in [6.45, 7) is 5.25. The van der Waals surface area contributed by atoms with Crippen LogP contribution < -0.4 is 4.74 Å². The molecule has 0 radical (unpaired) electrons. The average Bonchev–Trinajstić information content (AvgIpc) is 2.87. The van der Waals surface area contributed by atoms with Crippen molar-refractivity contribution in [1.29, 1.82) is 0 Å². The molecule has 0 aliphatic carbocycles. The summed E-state index contributed by atoms with van der Waals surface area (Å²) in [6, 6.07) is 10.0. The van der Waals surface area contributed by atoms with Crippen LogP contribution in [0.3, 0.4) is 0 Å². The number of halogens is 2. The predicted molar refractivity (Wildman–Crippen MR) is 133 cm³/mol. The molecule has 0 bridgehead atoms. The van der Waals surface area contributed by atoms with Gasteiger partial charge in [-0.1, -0.05) is 25.5 Å². The van der Waals surface area contributed by atoms with E-state index < -0.39 is 29.8 Å². The molecular weight excluding hydrogens is 488 g/mol. The summed E-state index contributed by atoms with van der Waals surface area (Å²) in [7, 11) is 0. The van der Waals surface area contributed by atoms with Gasteiger partial charge in [0.15, 0.2) is 6.10 Å². The van der Waals surface area contributed by atoms with Crippen molar-refractivity contribution in [1.82, 2.24) is 4.90 Å². The normalized spacial score (nSPS) is 11.7. The molecule has 0 spiro atoms. The van der Waals surface area contributed by atoms with E-state index in [-0.39, 0.29) is 38.3 Å². The summed E-state index contributed by atoms with van der Waals surface area (Å²) in [4.78, 5) is 25.3. The molecule has 1 atom stereocenters. The third kappa shape index (κ3) is 11.1. The summed E-state index contributed by atoms with van der Waals surface area (Å²) in [5.74, 6) is -1.97. The molecule has 0 aliphatic rings. The Bertz CT molecular complexity index is 972. The third-order valence-electron chi connectivity index (χ3n) is 5.39. The van der Waals surface area contributed by atoms with Crippen LogP contribution in [0.4, 0.5) is 13.6 Å². The van der Waals surface area contributed by atoms with Crippen LogP contribution in [0.5, 0.6) is 5.75 Å². The van der Waals surface area contributed by atoms with E-state index in [0.717, 1.165) is 30.5 Å². The number of benzene rings is 2. The Morgan fingerprint density at radius 1 is 1.00 bits per heavy atom. The first kappa shape index (κ1) is 30.0. The molecule has 1 amide bonds. The van der Waals surface area contributed by atoms with Gasteiger partial charge < -0.3 is 29.0 Å². The number of unbranched alkanes of at least 4 members (excludes halogenated alkanes) is 1. The largest absolute Gasteiger partial charge is 0.492 e. The minimum atomic E-state index is -1.02. The number of ether oxygens (including phenoxy) is 4. The number of amides is 1. The smallest absolute Gasteiger partial charge is 0.410 e. The minimum Gasteiger partial charge on any atom is -0.492 e. The Hall–Kier alpha value is -3.24. The maximum atomic E-state index is 13.9. The van der Waals surface area contributed by atoms with E-state index in [1.165, 1.54) is 11.0 Å². The fourth-order valence-corrected chi connectivity index (χ4v) is 3.32. The number of nitrogens with zero attached hydrogens (tertiary/aromatic N) is 1. The van der Waals surface area contributed by atoms with E-state index in [2.05, 4.69) is 6.92 Å². The highest BCUT2D eigenvalue weighted by Crippen LogP contribution is 2.15. The van der Waals surface area contributed by atoms with Crippen molar-refractivity contribution in [2.24, 2.45) is 0 Å². The molecule has 2 aromatic carbocycles. The molecular formula is C27H35F2NO7. The van der Waals surface area contributed by atoms with E-state index >= 15 is 0 Å². The van der Waals surface area contributed by atoms with Gasteiger partial charge in [-0.3, -0.25) is 0 Å². The predicted octanol–water partition coefficient (Wildman–Crippen LogP) is 4.83. The van der Waals surface area contributed by atoms with Crippen molar-refractivity contribution in [2.45, 2.75) is 45.8 Å². The lowest BCUT2D eigenvalue weighted by Gasteiger charge is -2.22. The molecule has 0 saturated carbocycles. The topological polar surface area (TPSA) is 94.5 Å². The van der Waals surface area contributed by atoms with Crippen molar-refractivity contribution in [3.05, 3.63) is 65.2 Å². The lowest BCUT2D eigenvalue weighted by Crippen LogP contribution is -2.37. The second kappa shape index (κ2) is 16.5. The first-order valence-electron chi connectivity index (χ1n) is 12.3. The summed E-state index contributed by atoms with van der Waals surface area (Å²) < 4.78 is 48.7. The van der Waals surface area contributed by atoms with Crippen LogP contribution in [-0.2, 0) is 32.0 Å². The third-order valence-corrected chi connectivity index (χ3v) is 5.39. The quantitative estimate of drug-likeness (QED) is 0.297. The van der Waals surface area contributed by atoms with Crippen LogP contribution in [0.15, 0.2) is 42.5 Å². The minimum absolute atomic E-state index is 0.0692. The number of hydrogen-bond donors (Lipinski definition) is 1. The van der Waals surface area contributed by atoms with Gasteiger partial charge in [-0.2, -0.15) is 0 Å². The summed E-state index contributed by atoms with van der Waals surface area (Å²) >= 11 is 0. The summed E-state index contributed by atoms with van der Waals surface area (Å²) in [5, 5.41) is 9.23. The van der Waals surface area contributed by atoms with Gasteiger partial charge in [0.2, 0.25) is 0 Å². The molecule has 10 heteroatoms. The van der Waals surface area contributed by atoms with E-state index in [4.69, 9.17) is 18.9 Å². The second-order valence-corrected chi connectivity index (χ2v) is 8.22. The zero-order chi connectivity index (χ0) is 27.0. The number of hydrogen-bond acceptors (Lipinski definition) is 6. The molecule has 0 aliphatic heterocycles. The molecule has 0 heterocycles. The highest BCUT2D eigenvalue weighted by atomic mass is 19.1. The van der Waals surface area contributed by atoms with Gasteiger partial charge in [0.05, 0.1) is 13.2 Å². The van der Waals surface area contributed by atoms with Crippen molar-refractivity contribution in [3.8, 4) is 5.75 Å². The van der Waals surface area contributed by atoms with Crippen LogP contribution in [0.1, 0.15) is 37.8 Å². The Morgan fingerprint density at radius 2 is 1.73 bits per heavy atom. The van der Waals surface area contributed by atoms with Gasteiger partial charge in [0.1, 0.15) is 30.6 Å². The molecule has 0 fully saturated rings. The maximum Gasteiger partial charge on any atom is 0.410 e. The van der Waals surface area contributed by atoms with Crippen LogP contribution >= 0.6 is 0 Å². The maximum absolute atomic E-state index is 13.9. The molecule has 0 saturated heterocycles. The Balaban J connectivity index is 1.89. The van der Waals surface area contributed by atoms with E-state index in [1.54, 1.807) is 31.2 Å². The van der Waals surface area contributed by atoms with Crippen molar-refractivity contribution >= 4 is 12.1 Å². The monoisotopic (exact) mass is 523 g/mol. The van der Waals surface area contributed by atoms with Crippen LogP contribution in [0, 0.1) is 11.6 Å². The highest BCUT2D eigenvalue weighted by Gasteiger charge is 2.18. The van der Waals surface area contributed by atoms with E-state index in [9.17, 15) is 23.5 Å². The molecule has 0 aromatic heterocycles. The van der Waals surface area contributed by atoms with Crippen LogP contribution in [0.25, 0.3) is 0 Å². The van der Waals surface area contributed by atoms with Gasteiger partial charge in [-0.25, -0.2) is 18.4 Å². The van der Waals surface area contributed by atoms with Crippen molar-refractivity contribution in [3.63, 3.8) is 0 Å². The van der Waals surface area contributed by atoms with Crippen molar-refractivity contribution in [2.75, 3.05) is 39.5 Å². The molecule has 2 rings (SSSR count). The van der Waals surface area contributed by atoms with E-state index in [0.29, 0.717) is 25.6 Å². The molecule has 1 N–H and O–H groups in total. The van der Waals surface area contributed by atoms with E-state index in [1.807, 2.05) is 0 Å². The number of carbonyl (C=O) groups is 2. The zero-order valence-corrected chi connectivity index (χ0v) is 21.3. The fraction of sp³-hybridized carbons (Fsp3) is 0.481. The summed E-state index contributed by atoms with van der Waals surface area (Å²) in [5.41, 5.74) is 0.857. The molecule has 204 valence electrons. The first-order valence-corrected chi connectivity index (χ1v) is 12.3. The molecule has 2 aromatic rings. The van der Waals surface area contributed by atoms with Gasteiger partial charge in [0.25, 0.3) is 0 Å². The standard InChI is InChI=1S/C27H35F2NO7/c1-3-5-14-34-15-12-30(27(33)37-19-21-8-9-22(28)18-24(21)29)13-16-36-23-10-6-20(7-11-23)17-25(26(31)32)35-4-2/h6-11,18,25H,3-5,12-17,19H2,1-2H3,(H,31,32). The lowest BCUT2D eigenvalue weighted by atomic mass is 10.1. The summed E-state index contributed by atoms with van der Waals surface area (Å²) in [6.07, 6.45) is 0.544. The Kier molecular flexibility index (Phi) is 13.4. The van der Waals surface area contributed by atoms with Gasteiger partial charge in [-0.05, 0) is 43.2 Å². The number of rotatable bonds is 17. The first-order chi connectivity index (χ1) is 17.8. The Morgan fingerprint density at radius 3 is 2.38 bits per heavy atom. The second-order valence-electron chi connectivity index (χ2n) is 8.22. The lowest BCUT2D eigenvalue weighted by molar-refractivity contribution is -0.149. The Labute approximate surface area is 216 Å². The highest BCUT2D eigenvalue weighted by molar-refractivity contribution is 5.72. The number of carboxylic acids is 1. The van der Waals surface area contributed by atoms with Crippen molar-refractivity contribution < 1.29 is 42.4 Å². The fourth-order valence-electron chi connectivity index (χ4n) is 3.32. The molecule has 8 nitrogen and oxygen atoms in total. The zero-order valence-electron chi connectivity index (χ0n) is 21.3. The van der Waals surface area contributed by atoms with Gasteiger partial charge >= 0.3 is 12.1 Å². The van der Waals surface area contributed by atoms with Crippen LogP contribution in [0.2, 0.25) is 0 Å². The van der Waals surface area contributed by atoms with Gasteiger partial charge in [0, 0.05) is 37.8 Å². The molecule has 37 heavy (non-hydrogen) atoms. The number of carbonyl (C=O) groups excluding carboxylic acids is 1. The number of carboxylic acid groups (broad SMARTS) is 1. The SMILES string of the molecule is CCCCOCCN(CCOc1ccc(CC(OCC)C(=O)O)cc1)C(=O)OCc1ccc(F)cc1F. The molecule has 1 unspecified atom stereocenters. The van der Waals surface area contributed by atoms with Crippen LogP contribution in [-0.4, -0.2) is 67.7 Å². The van der Waals surface area contributed by atoms with Gasteiger partial charge in [-0.15, -0.1) is 0 Å². The number of aliphatic carboxylic acids is 1.